The van der Waals surface area contributed by atoms with Crippen molar-refractivity contribution in [3.8, 4) is 5.75 Å². The second-order valence-electron chi connectivity index (χ2n) is 8.60. The molecule has 26 heavy (non-hydrogen) atoms. The second-order valence-corrected chi connectivity index (χ2v) is 8.60. The van der Waals surface area contributed by atoms with Gasteiger partial charge in [0.25, 0.3) is 0 Å². The van der Waals surface area contributed by atoms with E-state index < -0.39 is 0 Å². The van der Waals surface area contributed by atoms with Crippen LogP contribution < -0.4 is 10.1 Å². The molecule has 138 valence electrons. The van der Waals surface area contributed by atoms with Crippen molar-refractivity contribution < 1.29 is 9.26 Å². The monoisotopic (exact) mass is 353 g/mol. The highest BCUT2D eigenvalue weighted by atomic mass is 16.5. The van der Waals surface area contributed by atoms with Crippen LogP contribution in [0.25, 0.3) is 0 Å². The predicted molar refractivity (Wildman–Crippen MR) is 99.6 cm³/mol. The van der Waals surface area contributed by atoms with E-state index in [0.717, 1.165) is 29.7 Å². The fourth-order valence-electron chi connectivity index (χ4n) is 4.83. The van der Waals surface area contributed by atoms with Crippen molar-refractivity contribution in [3.63, 3.8) is 0 Å². The van der Waals surface area contributed by atoms with Crippen molar-refractivity contribution >= 4 is 5.69 Å². The third kappa shape index (κ3) is 2.78. The number of hydrogen-bond acceptors (Lipinski definition) is 5. The number of methoxy groups -OCH3 is 1. The summed E-state index contributed by atoms with van der Waals surface area (Å²) in [6.07, 6.45) is 9.72. The van der Waals surface area contributed by atoms with Gasteiger partial charge in [0.2, 0.25) is 5.89 Å². The predicted octanol–water partition coefficient (Wildman–Crippen LogP) is 4.66. The maximum absolute atomic E-state index is 5.72. The first-order valence-corrected chi connectivity index (χ1v) is 9.92. The molecule has 1 N–H and O–H groups in total. The Morgan fingerprint density at radius 2 is 1.92 bits per heavy atom. The molecule has 0 aliphatic heterocycles. The van der Waals surface area contributed by atoms with Crippen LogP contribution in [-0.2, 0) is 5.41 Å². The standard InChI is InChI=1S/C21H27N3O2/c1-25-17-4-2-3-16(13-17)22-14-20-7-10-21(11-8-20,12-9-20)19-23-18(24-26-19)15-5-6-15/h2-4,13,15,22H,5-12,14H2,1H3. The maximum Gasteiger partial charge on any atom is 0.232 e. The van der Waals surface area contributed by atoms with Gasteiger partial charge in [0.15, 0.2) is 5.82 Å². The Balaban J connectivity index is 1.25. The average Bonchev–Trinajstić information content (AvgIpc) is 3.44. The zero-order chi connectivity index (χ0) is 17.6. The minimum Gasteiger partial charge on any atom is -0.497 e. The lowest BCUT2D eigenvalue weighted by Crippen LogP contribution is -2.47. The minimum absolute atomic E-state index is 0.151. The van der Waals surface area contributed by atoms with Crippen molar-refractivity contribution in [3.05, 3.63) is 36.0 Å². The molecule has 4 fully saturated rings. The van der Waals surface area contributed by atoms with Crippen LogP contribution >= 0.6 is 0 Å². The number of nitrogens with zero attached hydrogens (tertiary/aromatic N) is 2. The van der Waals surface area contributed by atoms with Crippen LogP contribution in [0.5, 0.6) is 5.75 Å². The van der Waals surface area contributed by atoms with E-state index in [2.05, 4.69) is 22.6 Å². The van der Waals surface area contributed by atoms with Crippen LogP contribution in [0.1, 0.15) is 69.0 Å². The lowest BCUT2D eigenvalue weighted by atomic mass is 9.53. The highest BCUT2D eigenvalue weighted by Crippen LogP contribution is 2.57. The number of rotatable bonds is 6. The van der Waals surface area contributed by atoms with Crippen LogP contribution in [0.2, 0.25) is 0 Å². The number of anilines is 1. The molecule has 1 aromatic heterocycles. The summed E-state index contributed by atoms with van der Waals surface area (Å²) in [5, 5.41) is 7.92. The van der Waals surface area contributed by atoms with E-state index in [1.807, 2.05) is 12.1 Å². The minimum atomic E-state index is 0.151. The van der Waals surface area contributed by atoms with Gasteiger partial charge in [-0.2, -0.15) is 4.98 Å². The normalized spacial score (nSPS) is 30.3. The molecule has 1 heterocycles. The Hall–Kier alpha value is -2.04. The van der Waals surface area contributed by atoms with Crippen molar-refractivity contribution in [2.24, 2.45) is 5.41 Å². The van der Waals surface area contributed by atoms with Crippen LogP contribution in [0.4, 0.5) is 5.69 Å². The molecule has 4 saturated carbocycles. The van der Waals surface area contributed by atoms with E-state index in [0.29, 0.717) is 11.3 Å². The van der Waals surface area contributed by atoms with Crippen molar-refractivity contribution in [2.45, 2.75) is 62.7 Å². The Kier molecular flexibility index (Phi) is 3.73. The number of ether oxygens (including phenoxy) is 1. The van der Waals surface area contributed by atoms with Gasteiger partial charge in [0.1, 0.15) is 5.75 Å². The summed E-state index contributed by atoms with van der Waals surface area (Å²) in [7, 11) is 1.71. The fourth-order valence-corrected chi connectivity index (χ4v) is 4.83. The number of nitrogens with one attached hydrogen (secondary N) is 1. The Morgan fingerprint density at radius 1 is 1.15 bits per heavy atom. The van der Waals surface area contributed by atoms with Crippen LogP contribution in [-0.4, -0.2) is 23.8 Å². The van der Waals surface area contributed by atoms with E-state index in [9.17, 15) is 0 Å². The number of benzene rings is 1. The Labute approximate surface area is 154 Å². The van der Waals surface area contributed by atoms with Crippen molar-refractivity contribution in [1.82, 2.24) is 10.1 Å². The third-order valence-electron chi connectivity index (χ3n) is 6.98. The largest absolute Gasteiger partial charge is 0.497 e. The molecule has 4 aliphatic carbocycles. The molecule has 0 atom stereocenters. The molecule has 5 nitrogen and oxygen atoms in total. The van der Waals surface area contributed by atoms with Gasteiger partial charge in [0.05, 0.1) is 7.11 Å². The van der Waals surface area contributed by atoms with E-state index in [1.165, 1.54) is 51.4 Å². The molecule has 0 spiro atoms. The molecular weight excluding hydrogens is 326 g/mol. The Morgan fingerprint density at radius 3 is 2.62 bits per heavy atom. The SMILES string of the molecule is COc1cccc(NCC23CCC(c4nc(C5CC5)no4)(CC2)CC3)c1. The molecule has 1 aromatic carbocycles. The number of aromatic nitrogens is 2. The summed E-state index contributed by atoms with van der Waals surface area (Å²) in [4.78, 5) is 4.79. The number of hydrogen-bond donors (Lipinski definition) is 1. The quantitative estimate of drug-likeness (QED) is 0.818. The highest BCUT2D eigenvalue weighted by molar-refractivity contribution is 5.48. The van der Waals surface area contributed by atoms with Crippen LogP contribution in [0.15, 0.2) is 28.8 Å². The lowest BCUT2D eigenvalue weighted by Gasteiger charge is -2.52. The molecule has 6 rings (SSSR count). The van der Waals surface area contributed by atoms with Gasteiger partial charge in [-0.3, -0.25) is 0 Å². The first-order chi connectivity index (χ1) is 12.7. The van der Waals surface area contributed by atoms with Gasteiger partial charge in [-0.25, -0.2) is 0 Å². The first kappa shape index (κ1) is 16.2. The van der Waals surface area contributed by atoms with Gasteiger partial charge >= 0.3 is 0 Å². The molecule has 5 heteroatoms. The molecule has 0 radical (unpaired) electrons. The summed E-state index contributed by atoms with van der Waals surface area (Å²) < 4.78 is 11.0. The third-order valence-corrected chi connectivity index (χ3v) is 6.98. The molecular formula is C21H27N3O2. The van der Waals surface area contributed by atoms with Gasteiger partial charge in [-0.05, 0) is 68.9 Å². The van der Waals surface area contributed by atoms with E-state index in [1.54, 1.807) is 7.11 Å². The van der Waals surface area contributed by atoms with Crippen molar-refractivity contribution in [1.29, 1.82) is 0 Å². The second kappa shape index (κ2) is 6.00. The molecule has 4 aliphatic rings. The number of fused-ring (bicyclic) bond motifs is 3. The highest BCUT2D eigenvalue weighted by Gasteiger charge is 2.52. The summed E-state index contributed by atoms with van der Waals surface area (Å²) in [6.45, 7) is 1.04. The zero-order valence-corrected chi connectivity index (χ0v) is 15.5. The average molecular weight is 353 g/mol. The fraction of sp³-hybridized carbons (Fsp3) is 0.619. The van der Waals surface area contributed by atoms with Gasteiger partial charge in [-0.15, -0.1) is 0 Å². The molecule has 0 saturated heterocycles. The van der Waals surface area contributed by atoms with Gasteiger partial charge < -0.3 is 14.6 Å². The van der Waals surface area contributed by atoms with Crippen LogP contribution in [0.3, 0.4) is 0 Å². The summed E-state index contributed by atoms with van der Waals surface area (Å²) >= 11 is 0. The van der Waals surface area contributed by atoms with Gasteiger partial charge in [-0.1, -0.05) is 11.2 Å². The van der Waals surface area contributed by atoms with E-state index >= 15 is 0 Å². The van der Waals surface area contributed by atoms with Crippen molar-refractivity contribution in [2.75, 3.05) is 19.0 Å². The van der Waals surface area contributed by atoms with E-state index in [-0.39, 0.29) is 5.41 Å². The molecule has 0 amide bonds. The van der Waals surface area contributed by atoms with Crippen LogP contribution in [0, 0.1) is 5.41 Å². The summed E-state index contributed by atoms with van der Waals surface area (Å²) in [5.41, 5.74) is 1.70. The Bertz CT molecular complexity index is 772. The molecule has 2 aromatic rings. The maximum atomic E-state index is 5.72. The molecule has 0 unspecified atom stereocenters. The smallest absolute Gasteiger partial charge is 0.232 e. The van der Waals surface area contributed by atoms with Gasteiger partial charge in [0, 0.05) is 29.6 Å². The zero-order valence-electron chi connectivity index (χ0n) is 15.5. The van der Waals surface area contributed by atoms with E-state index in [4.69, 9.17) is 14.2 Å². The molecule has 2 bridgehead atoms. The summed E-state index contributed by atoms with van der Waals surface area (Å²) in [5.74, 6) is 3.36. The first-order valence-electron chi connectivity index (χ1n) is 9.92. The lowest BCUT2D eigenvalue weighted by molar-refractivity contribution is 0.0322. The topological polar surface area (TPSA) is 60.2 Å². The summed E-state index contributed by atoms with van der Waals surface area (Å²) in [6, 6.07) is 8.22.